The molecule has 40 heavy (non-hydrogen) atoms. The topological polar surface area (TPSA) is 97.2 Å². The van der Waals surface area contributed by atoms with Gasteiger partial charge in [-0.15, -0.1) is 0 Å². The van der Waals surface area contributed by atoms with Crippen molar-refractivity contribution in [3.05, 3.63) is 65.6 Å². The average Bonchev–Trinajstić information content (AvgIpc) is 2.91. The molecule has 0 aromatic carbocycles. The predicted molar refractivity (Wildman–Crippen MR) is 150 cm³/mol. The van der Waals surface area contributed by atoms with Gasteiger partial charge in [-0.2, -0.15) is 0 Å². The van der Waals surface area contributed by atoms with Gasteiger partial charge in [0.25, 0.3) is 6.43 Å². The number of pyridine rings is 3. The fraction of sp³-hybridized carbons (Fsp3) is 0.484. The van der Waals surface area contributed by atoms with Crippen LogP contribution in [-0.2, 0) is 15.1 Å². The van der Waals surface area contributed by atoms with Crippen LogP contribution in [0.3, 0.4) is 0 Å². The Hall–Kier alpha value is -3.46. The monoisotopic (exact) mass is 552 g/mol. The van der Waals surface area contributed by atoms with Crippen LogP contribution in [0, 0.1) is 24.2 Å². The number of anilines is 2. The Morgan fingerprint density at radius 1 is 1.05 bits per heavy atom. The summed E-state index contributed by atoms with van der Waals surface area (Å²) in [6.45, 7) is 10.2. The van der Waals surface area contributed by atoms with E-state index in [-0.39, 0.29) is 34.6 Å². The number of hydrogen-bond acceptors (Lipinski definition) is 7. The lowest BCUT2D eigenvalue weighted by atomic mass is 9.73. The maximum absolute atomic E-state index is 13.1. The third-order valence-corrected chi connectivity index (χ3v) is 7.34. The fourth-order valence-electron chi connectivity index (χ4n) is 5.01. The normalized spacial score (nSPS) is 19.2. The summed E-state index contributed by atoms with van der Waals surface area (Å²) in [5.74, 6) is 0.453. The molecule has 3 heterocycles. The van der Waals surface area contributed by atoms with Gasteiger partial charge in [0.15, 0.2) is 0 Å². The molecule has 1 fully saturated rings. The van der Waals surface area contributed by atoms with Crippen molar-refractivity contribution in [3.8, 4) is 11.3 Å². The molecule has 1 unspecified atom stereocenters. The molecule has 0 radical (unpaired) electrons. The molecule has 1 aliphatic carbocycles. The minimum atomic E-state index is -2.59. The van der Waals surface area contributed by atoms with Crippen LogP contribution in [0.4, 0.5) is 20.4 Å². The predicted octanol–water partition coefficient (Wildman–Crippen LogP) is 7.13. The molecule has 0 saturated heterocycles. The molecule has 0 aliphatic heterocycles. The van der Waals surface area contributed by atoms with Gasteiger partial charge in [0, 0.05) is 23.5 Å². The molecule has 1 saturated carbocycles. The van der Waals surface area contributed by atoms with Gasteiger partial charge in [-0.05, 0) is 92.8 Å². The van der Waals surface area contributed by atoms with Crippen molar-refractivity contribution in [1.82, 2.24) is 15.0 Å². The Bertz CT molecular complexity index is 1310. The largest absolute Gasteiger partial charge is 0.465 e. The van der Waals surface area contributed by atoms with E-state index in [1.54, 1.807) is 13.1 Å². The third-order valence-electron chi connectivity index (χ3n) is 7.34. The third kappa shape index (κ3) is 7.38. The second kappa shape index (κ2) is 12.0. The minimum absolute atomic E-state index is 0.0260. The number of hydrogen-bond donors (Lipinski definition) is 2. The molecular formula is C31H38F2N4O3. The van der Waals surface area contributed by atoms with E-state index < -0.39 is 12.0 Å². The van der Waals surface area contributed by atoms with Crippen molar-refractivity contribution in [1.29, 1.82) is 0 Å². The van der Waals surface area contributed by atoms with Crippen LogP contribution in [-0.4, -0.2) is 32.6 Å². The standard InChI is InChI=1S/C31H38F2N4O3/c1-19-14-24(36-27(15-19)37-26-16-21(28(32)33)12-13-34-26)22-8-11-25(35-17-22)31(5,39)23-9-6-20(7-10-23)29(38)40-18-30(2,3)4/h8,11-17,20,23,28,39H,6-7,9-10,18H2,1-5H3,(H,34,36,37). The van der Waals surface area contributed by atoms with Crippen molar-refractivity contribution in [2.24, 2.45) is 17.3 Å². The summed E-state index contributed by atoms with van der Waals surface area (Å²) in [6, 6.07) is 9.97. The number of carbonyl (C=O) groups is 1. The number of carbonyl (C=O) groups excluding carboxylic acids is 1. The quantitative estimate of drug-likeness (QED) is 0.287. The number of esters is 1. The number of aryl methyl sites for hydroxylation is 1. The molecular weight excluding hydrogens is 514 g/mol. The highest BCUT2D eigenvalue weighted by atomic mass is 19.3. The van der Waals surface area contributed by atoms with E-state index in [4.69, 9.17) is 4.74 Å². The van der Waals surface area contributed by atoms with Gasteiger partial charge in [-0.25, -0.2) is 18.7 Å². The number of alkyl halides is 2. The molecule has 3 aromatic heterocycles. The van der Waals surface area contributed by atoms with E-state index in [0.29, 0.717) is 49.5 Å². The summed E-state index contributed by atoms with van der Waals surface area (Å²) in [4.78, 5) is 25.8. The molecule has 3 aromatic rings. The first-order valence-electron chi connectivity index (χ1n) is 13.7. The minimum Gasteiger partial charge on any atom is -0.465 e. The molecule has 9 heteroatoms. The SMILES string of the molecule is Cc1cc(Nc2cc(C(F)F)ccn2)nc(-c2ccc(C(C)(O)C3CCC(C(=O)OCC(C)(C)C)CC3)nc2)c1. The maximum Gasteiger partial charge on any atom is 0.308 e. The van der Waals surface area contributed by atoms with Gasteiger partial charge in [0.1, 0.15) is 17.2 Å². The molecule has 0 spiro atoms. The van der Waals surface area contributed by atoms with E-state index in [9.17, 15) is 18.7 Å². The zero-order valence-corrected chi connectivity index (χ0v) is 23.7. The number of ether oxygens (including phenoxy) is 1. The smallest absolute Gasteiger partial charge is 0.308 e. The first-order valence-corrected chi connectivity index (χ1v) is 13.7. The van der Waals surface area contributed by atoms with Crippen LogP contribution >= 0.6 is 0 Å². The average molecular weight is 553 g/mol. The van der Waals surface area contributed by atoms with Crippen molar-refractivity contribution in [2.75, 3.05) is 11.9 Å². The molecule has 2 N–H and O–H groups in total. The summed E-state index contributed by atoms with van der Waals surface area (Å²) in [7, 11) is 0. The number of rotatable bonds is 8. The summed E-state index contributed by atoms with van der Waals surface area (Å²) in [5.41, 5.74) is 1.56. The van der Waals surface area contributed by atoms with Crippen molar-refractivity contribution < 1.29 is 23.4 Å². The Morgan fingerprint density at radius 3 is 2.40 bits per heavy atom. The van der Waals surface area contributed by atoms with E-state index in [0.717, 1.165) is 11.1 Å². The molecule has 4 rings (SSSR count). The van der Waals surface area contributed by atoms with E-state index in [1.165, 1.54) is 18.3 Å². The van der Waals surface area contributed by atoms with Gasteiger partial charge in [-0.1, -0.05) is 20.8 Å². The zero-order valence-electron chi connectivity index (χ0n) is 23.7. The van der Waals surface area contributed by atoms with Crippen LogP contribution in [0.5, 0.6) is 0 Å². The molecule has 1 aliphatic rings. The van der Waals surface area contributed by atoms with Crippen LogP contribution in [0.1, 0.15) is 76.6 Å². The number of nitrogens with one attached hydrogen (secondary N) is 1. The first-order chi connectivity index (χ1) is 18.8. The Kier molecular flexibility index (Phi) is 8.83. The lowest BCUT2D eigenvalue weighted by molar-refractivity contribution is -0.153. The molecule has 1 atom stereocenters. The summed E-state index contributed by atoms with van der Waals surface area (Å²) >= 11 is 0. The van der Waals surface area contributed by atoms with Crippen molar-refractivity contribution in [2.45, 2.75) is 72.3 Å². The van der Waals surface area contributed by atoms with Gasteiger partial charge in [-0.3, -0.25) is 9.78 Å². The molecule has 0 bridgehead atoms. The second-order valence-electron chi connectivity index (χ2n) is 12.1. The Balaban J connectivity index is 1.43. The van der Waals surface area contributed by atoms with E-state index in [2.05, 4.69) is 20.3 Å². The molecule has 7 nitrogen and oxygen atoms in total. The second-order valence-corrected chi connectivity index (χ2v) is 12.1. The lowest BCUT2D eigenvalue weighted by Gasteiger charge is -2.37. The van der Waals surface area contributed by atoms with Crippen LogP contribution < -0.4 is 5.32 Å². The number of nitrogens with zero attached hydrogens (tertiary/aromatic N) is 3. The summed E-state index contributed by atoms with van der Waals surface area (Å²) in [5, 5.41) is 14.5. The summed E-state index contributed by atoms with van der Waals surface area (Å²) in [6.07, 6.45) is 3.21. The number of halogens is 2. The Morgan fingerprint density at radius 2 is 1.77 bits per heavy atom. The van der Waals surface area contributed by atoms with Crippen LogP contribution in [0.15, 0.2) is 48.8 Å². The van der Waals surface area contributed by atoms with E-state index >= 15 is 0 Å². The highest BCUT2D eigenvalue weighted by molar-refractivity contribution is 5.72. The molecule has 0 amide bonds. The van der Waals surface area contributed by atoms with Crippen molar-refractivity contribution in [3.63, 3.8) is 0 Å². The lowest BCUT2D eigenvalue weighted by Crippen LogP contribution is -2.37. The fourth-order valence-corrected chi connectivity index (χ4v) is 5.01. The number of aliphatic hydroxyl groups is 1. The number of aromatic nitrogens is 3. The first kappa shape index (κ1) is 29.5. The van der Waals surface area contributed by atoms with E-state index in [1.807, 2.05) is 52.0 Å². The van der Waals surface area contributed by atoms with Gasteiger partial charge < -0.3 is 15.2 Å². The zero-order chi connectivity index (χ0) is 29.1. The highest BCUT2D eigenvalue weighted by Gasteiger charge is 2.39. The van der Waals surface area contributed by atoms with Gasteiger partial charge >= 0.3 is 5.97 Å². The van der Waals surface area contributed by atoms with Crippen LogP contribution in [0.25, 0.3) is 11.3 Å². The van der Waals surface area contributed by atoms with Crippen LogP contribution in [0.2, 0.25) is 0 Å². The van der Waals surface area contributed by atoms with Gasteiger partial charge in [0.2, 0.25) is 0 Å². The maximum atomic E-state index is 13.1. The van der Waals surface area contributed by atoms with Gasteiger partial charge in [0.05, 0.1) is 23.9 Å². The van der Waals surface area contributed by atoms with Crippen molar-refractivity contribution >= 4 is 17.6 Å². The summed E-state index contributed by atoms with van der Waals surface area (Å²) < 4.78 is 31.7. The highest BCUT2D eigenvalue weighted by Crippen LogP contribution is 2.41. The Labute approximate surface area is 234 Å². The molecule has 214 valence electrons.